The minimum atomic E-state index is -3.52. The molecular weight excluding hydrogens is 395 g/mol. The van der Waals surface area contributed by atoms with E-state index >= 15 is 0 Å². The van der Waals surface area contributed by atoms with Crippen LogP contribution in [0.4, 0.5) is 4.39 Å². The maximum absolute atomic E-state index is 13.5. The molecule has 0 radical (unpaired) electrons. The third kappa shape index (κ3) is 4.36. The highest BCUT2D eigenvalue weighted by Gasteiger charge is 2.38. The monoisotopic (exact) mass is 422 g/mol. The van der Waals surface area contributed by atoms with Crippen LogP contribution in [-0.4, -0.2) is 53.3 Å². The van der Waals surface area contributed by atoms with Gasteiger partial charge in [-0.1, -0.05) is 31.1 Å². The van der Waals surface area contributed by atoms with E-state index in [2.05, 4.69) is 24.0 Å². The van der Waals surface area contributed by atoms with E-state index in [9.17, 15) is 12.8 Å². The molecular formula is C20H27FN4O3S. The molecule has 9 heteroatoms. The fraction of sp³-hybridized carbons (Fsp3) is 0.600. The van der Waals surface area contributed by atoms with Gasteiger partial charge in [0.2, 0.25) is 11.7 Å². The highest BCUT2D eigenvalue weighted by atomic mass is 32.2. The van der Waals surface area contributed by atoms with E-state index in [-0.39, 0.29) is 11.7 Å². The van der Waals surface area contributed by atoms with Crippen LogP contribution in [0, 0.1) is 17.7 Å². The van der Waals surface area contributed by atoms with Gasteiger partial charge in [-0.05, 0) is 43.2 Å². The van der Waals surface area contributed by atoms with Gasteiger partial charge in [0.05, 0.1) is 5.92 Å². The van der Waals surface area contributed by atoms with Crippen LogP contribution in [0.5, 0.6) is 0 Å². The summed E-state index contributed by atoms with van der Waals surface area (Å²) < 4.78 is 48.5. The second-order valence-electron chi connectivity index (χ2n) is 8.43. The molecule has 1 aromatic carbocycles. The first-order valence-electron chi connectivity index (χ1n) is 10.2. The van der Waals surface area contributed by atoms with Gasteiger partial charge in [-0.2, -0.15) is 22.0 Å². The Bertz CT molecular complexity index is 954. The van der Waals surface area contributed by atoms with Crippen molar-refractivity contribution in [2.24, 2.45) is 11.8 Å². The molecule has 29 heavy (non-hydrogen) atoms. The Hall–Kier alpha value is -1.84. The molecule has 0 aliphatic carbocycles. The maximum Gasteiger partial charge on any atom is 0.282 e. The van der Waals surface area contributed by atoms with Crippen LogP contribution in [0.3, 0.4) is 0 Å². The predicted molar refractivity (Wildman–Crippen MR) is 107 cm³/mol. The summed E-state index contributed by atoms with van der Waals surface area (Å²) in [6, 6.07) is 6.02. The number of rotatable bonds is 4. The Morgan fingerprint density at radius 1 is 1.14 bits per heavy atom. The second kappa shape index (κ2) is 8.12. The molecule has 2 fully saturated rings. The maximum atomic E-state index is 13.5. The van der Waals surface area contributed by atoms with Gasteiger partial charge in [0.25, 0.3) is 10.2 Å². The van der Waals surface area contributed by atoms with Crippen LogP contribution in [0.2, 0.25) is 0 Å². The minimum Gasteiger partial charge on any atom is -0.339 e. The van der Waals surface area contributed by atoms with Crippen molar-refractivity contribution in [1.29, 1.82) is 0 Å². The molecule has 2 aliphatic rings. The summed E-state index contributed by atoms with van der Waals surface area (Å²) in [5.41, 5.74) is 0.538. The van der Waals surface area contributed by atoms with Crippen molar-refractivity contribution in [2.45, 2.75) is 39.0 Å². The van der Waals surface area contributed by atoms with Crippen LogP contribution in [0.25, 0.3) is 11.4 Å². The highest BCUT2D eigenvalue weighted by molar-refractivity contribution is 7.86. The zero-order chi connectivity index (χ0) is 20.6. The first-order chi connectivity index (χ1) is 13.8. The zero-order valence-corrected chi connectivity index (χ0v) is 17.6. The molecule has 0 bridgehead atoms. The van der Waals surface area contributed by atoms with Crippen molar-refractivity contribution in [3.05, 3.63) is 36.0 Å². The lowest BCUT2D eigenvalue weighted by Gasteiger charge is -2.39. The molecule has 1 aromatic heterocycles. The van der Waals surface area contributed by atoms with E-state index in [0.29, 0.717) is 55.3 Å². The molecule has 0 saturated carbocycles. The molecule has 4 rings (SSSR count). The third-order valence-electron chi connectivity index (χ3n) is 5.75. The van der Waals surface area contributed by atoms with E-state index < -0.39 is 10.2 Å². The molecule has 2 aliphatic heterocycles. The van der Waals surface area contributed by atoms with E-state index in [1.807, 2.05) is 0 Å². The average molecular weight is 423 g/mol. The smallest absolute Gasteiger partial charge is 0.282 e. The molecule has 7 nitrogen and oxygen atoms in total. The van der Waals surface area contributed by atoms with Gasteiger partial charge in [0.15, 0.2) is 0 Å². The highest BCUT2D eigenvalue weighted by Crippen LogP contribution is 2.31. The average Bonchev–Trinajstić information content (AvgIpc) is 3.18. The summed E-state index contributed by atoms with van der Waals surface area (Å²) in [5, 5.41) is 3.97. The number of nitrogens with zero attached hydrogens (tertiary/aromatic N) is 4. The Morgan fingerprint density at radius 2 is 1.90 bits per heavy atom. The van der Waals surface area contributed by atoms with Crippen LogP contribution in [0.15, 0.2) is 28.8 Å². The van der Waals surface area contributed by atoms with Crippen LogP contribution < -0.4 is 0 Å². The van der Waals surface area contributed by atoms with Gasteiger partial charge < -0.3 is 4.52 Å². The van der Waals surface area contributed by atoms with E-state index in [1.54, 1.807) is 20.7 Å². The molecule has 2 aromatic rings. The van der Waals surface area contributed by atoms with Gasteiger partial charge in [-0.25, -0.2) is 4.39 Å². The minimum absolute atomic E-state index is 0.159. The summed E-state index contributed by atoms with van der Waals surface area (Å²) in [7, 11) is -3.52. The second-order valence-corrected chi connectivity index (χ2v) is 10.4. The SMILES string of the molecule is CC1CC(C)CN(S(=O)(=O)N2CCCC(c3nc(-c4cccc(F)c4)no3)C2)C1. The van der Waals surface area contributed by atoms with Crippen molar-refractivity contribution in [3.8, 4) is 11.4 Å². The Labute approximate surface area is 171 Å². The standard InChI is InChI=1S/C20H27FN4O3S/c1-14-9-15(2)12-25(11-14)29(26,27)24-8-4-6-17(13-24)20-22-19(23-28-20)16-5-3-7-18(21)10-16/h3,5,7,10,14-15,17H,4,6,8-9,11-13H2,1-2H3. The van der Waals surface area contributed by atoms with E-state index in [4.69, 9.17) is 4.52 Å². The normalized spacial score (nSPS) is 27.2. The molecule has 0 N–H and O–H groups in total. The Balaban J connectivity index is 1.50. The summed E-state index contributed by atoms with van der Waals surface area (Å²) >= 11 is 0. The third-order valence-corrected chi connectivity index (χ3v) is 7.68. The first-order valence-corrected chi connectivity index (χ1v) is 11.6. The van der Waals surface area contributed by atoms with Gasteiger partial charge in [0, 0.05) is 31.7 Å². The number of halogens is 1. The lowest BCUT2D eigenvalue weighted by Crippen LogP contribution is -2.51. The van der Waals surface area contributed by atoms with Gasteiger partial charge >= 0.3 is 0 Å². The summed E-state index contributed by atoms with van der Waals surface area (Å²) in [5.74, 6) is 0.919. The number of aromatic nitrogens is 2. The quantitative estimate of drug-likeness (QED) is 0.756. The molecule has 3 atom stereocenters. The van der Waals surface area contributed by atoms with Crippen molar-refractivity contribution in [2.75, 3.05) is 26.2 Å². The zero-order valence-electron chi connectivity index (χ0n) is 16.8. The van der Waals surface area contributed by atoms with Crippen LogP contribution in [-0.2, 0) is 10.2 Å². The summed E-state index contributed by atoms with van der Waals surface area (Å²) in [6.45, 7) is 6.17. The summed E-state index contributed by atoms with van der Waals surface area (Å²) in [6.07, 6.45) is 2.57. The van der Waals surface area contributed by atoms with E-state index in [1.165, 1.54) is 12.1 Å². The molecule has 158 valence electrons. The van der Waals surface area contributed by atoms with E-state index in [0.717, 1.165) is 19.3 Å². The molecule has 0 spiro atoms. The van der Waals surface area contributed by atoms with Crippen molar-refractivity contribution in [3.63, 3.8) is 0 Å². The fourth-order valence-corrected chi connectivity index (χ4v) is 6.40. The molecule has 3 heterocycles. The van der Waals surface area contributed by atoms with Crippen molar-refractivity contribution < 1.29 is 17.3 Å². The van der Waals surface area contributed by atoms with Gasteiger partial charge in [0.1, 0.15) is 5.82 Å². The lowest BCUT2D eigenvalue weighted by atomic mass is 9.94. The lowest BCUT2D eigenvalue weighted by molar-refractivity contribution is 0.196. The number of piperidine rings is 2. The molecule has 3 unspecified atom stereocenters. The first kappa shape index (κ1) is 20.4. The number of benzene rings is 1. The van der Waals surface area contributed by atoms with Crippen LogP contribution in [0.1, 0.15) is 44.9 Å². The van der Waals surface area contributed by atoms with Gasteiger partial charge in [-0.3, -0.25) is 0 Å². The topological polar surface area (TPSA) is 79.5 Å². The number of hydrogen-bond acceptors (Lipinski definition) is 5. The fourth-order valence-electron chi connectivity index (χ4n) is 4.46. The van der Waals surface area contributed by atoms with Crippen molar-refractivity contribution >= 4 is 10.2 Å². The molecule has 0 amide bonds. The largest absolute Gasteiger partial charge is 0.339 e. The molecule has 2 saturated heterocycles. The van der Waals surface area contributed by atoms with Crippen LogP contribution >= 0.6 is 0 Å². The van der Waals surface area contributed by atoms with Gasteiger partial charge in [-0.15, -0.1) is 0 Å². The predicted octanol–water partition coefficient (Wildman–Crippen LogP) is 3.28. The Morgan fingerprint density at radius 3 is 2.62 bits per heavy atom. The summed E-state index contributed by atoms with van der Waals surface area (Å²) in [4.78, 5) is 4.42. The number of hydrogen-bond donors (Lipinski definition) is 0. The Kier molecular flexibility index (Phi) is 5.72. The van der Waals surface area contributed by atoms with Crippen molar-refractivity contribution in [1.82, 2.24) is 18.8 Å².